The van der Waals surface area contributed by atoms with Gasteiger partial charge in [0.1, 0.15) is 0 Å². The fraction of sp³-hybridized carbons (Fsp3) is 0.467. The molecule has 0 bridgehead atoms. The van der Waals surface area contributed by atoms with E-state index in [0.29, 0.717) is 22.5 Å². The Kier molecular flexibility index (Phi) is 8.09. The zero-order valence-corrected chi connectivity index (χ0v) is 15.6. The van der Waals surface area contributed by atoms with Gasteiger partial charge in [0, 0.05) is 22.3 Å². The van der Waals surface area contributed by atoms with Crippen molar-refractivity contribution in [3.05, 3.63) is 33.8 Å². The minimum absolute atomic E-state index is 0. The van der Waals surface area contributed by atoms with Crippen molar-refractivity contribution < 1.29 is 4.42 Å². The summed E-state index contributed by atoms with van der Waals surface area (Å²) >= 11 is 6.17. The van der Waals surface area contributed by atoms with Gasteiger partial charge in [-0.2, -0.15) is 0 Å². The zero-order chi connectivity index (χ0) is 15.5. The van der Waals surface area contributed by atoms with Crippen LogP contribution in [-0.4, -0.2) is 29.3 Å². The lowest BCUT2D eigenvalue weighted by Gasteiger charge is -2.29. The predicted molar refractivity (Wildman–Crippen MR) is 101 cm³/mol. The van der Waals surface area contributed by atoms with E-state index >= 15 is 0 Å². The Labute approximate surface area is 157 Å². The fourth-order valence-corrected chi connectivity index (χ4v) is 3.11. The second-order valence-corrected chi connectivity index (χ2v) is 6.10. The summed E-state index contributed by atoms with van der Waals surface area (Å²) < 4.78 is 4.98. The van der Waals surface area contributed by atoms with Gasteiger partial charge in [-0.3, -0.25) is 0 Å². The molecule has 0 spiro atoms. The van der Waals surface area contributed by atoms with Gasteiger partial charge in [0.2, 0.25) is 5.89 Å². The molecule has 134 valence electrons. The Morgan fingerprint density at radius 1 is 1.29 bits per heavy atom. The lowest BCUT2D eigenvalue weighted by molar-refractivity contribution is 0.343. The van der Waals surface area contributed by atoms with E-state index in [1.807, 2.05) is 12.1 Å². The number of halogens is 3. The van der Waals surface area contributed by atoms with E-state index in [1.165, 1.54) is 0 Å². The predicted octanol–water partition coefficient (Wildman–Crippen LogP) is 3.33. The average molecular weight is 396 g/mol. The van der Waals surface area contributed by atoms with Crippen LogP contribution in [-0.2, 0) is 0 Å². The minimum atomic E-state index is -0.576. The highest BCUT2D eigenvalue weighted by atomic mass is 35.5. The Balaban J connectivity index is 0.00000144. The normalized spacial score (nSPS) is 15.9. The van der Waals surface area contributed by atoms with Gasteiger partial charge in [-0.1, -0.05) is 11.6 Å². The number of H-pyrrole nitrogens is 1. The number of rotatable bonds is 4. The van der Waals surface area contributed by atoms with Crippen LogP contribution in [0.5, 0.6) is 0 Å². The van der Waals surface area contributed by atoms with Gasteiger partial charge >= 0.3 is 5.76 Å². The maximum atomic E-state index is 11.1. The number of piperidine rings is 1. The SMILES string of the molecule is CC(Nc1cc(Cl)cc(-c2n[nH]c(=O)o2)c1)C1CCNCC1.Cl.Cl. The van der Waals surface area contributed by atoms with Crippen LogP contribution >= 0.6 is 36.4 Å². The van der Waals surface area contributed by atoms with Crippen molar-refractivity contribution in [1.82, 2.24) is 15.5 Å². The first-order chi connectivity index (χ1) is 10.6. The standard InChI is InChI=1S/C15H19ClN4O2.2ClH/c1-9(10-2-4-17-5-3-10)18-13-7-11(6-12(16)8-13)14-19-20-15(21)22-14;;/h6-10,17-18H,2-5H2,1H3,(H,20,21);2*1H. The second-order valence-electron chi connectivity index (χ2n) is 5.67. The highest BCUT2D eigenvalue weighted by Crippen LogP contribution is 2.27. The molecule has 24 heavy (non-hydrogen) atoms. The third-order valence-electron chi connectivity index (χ3n) is 4.07. The van der Waals surface area contributed by atoms with E-state index in [1.54, 1.807) is 6.07 Å². The molecule has 0 radical (unpaired) electrons. The molecular weight excluding hydrogens is 375 g/mol. The number of aromatic nitrogens is 2. The number of anilines is 1. The highest BCUT2D eigenvalue weighted by Gasteiger charge is 2.20. The Hall–Kier alpha value is -1.21. The van der Waals surface area contributed by atoms with Crippen molar-refractivity contribution in [2.75, 3.05) is 18.4 Å². The summed E-state index contributed by atoms with van der Waals surface area (Å²) in [6, 6.07) is 5.83. The number of hydrogen-bond acceptors (Lipinski definition) is 5. The number of hydrogen-bond donors (Lipinski definition) is 3. The van der Waals surface area contributed by atoms with Crippen LogP contribution in [0.4, 0.5) is 5.69 Å². The second kappa shape index (κ2) is 9.32. The number of aromatic amines is 1. The summed E-state index contributed by atoms with van der Waals surface area (Å²) in [7, 11) is 0. The van der Waals surface area contributed by atoms with Crippen LogP contribution in [0.15, 0.2) is 27.4 Å². The van der Waals surface area contributed by atoms with Crippen LogP contribution in [0.2, 0.25) is 5.02 Å². The molecule has 1 atom stereocenters. The summed E-state index contributed by atoms with van der Waals surface area (Å²) in [5.74, 6) is 0.296. The van der Waals surface area contributed by atoms with Crippen LogP contribution < -0.4 is 16.4 Å². The molecule has 1 aliphatic heterocycles. The molecule has 9 heteroatoms. The number of nitrogens with zero attached hydrogens (tertiary/aromatic N) is 1. The van der Waals surface area contributed by atoms with Gasteiger partial charge in [-0.25, -0.2) is 9.89 Å². The largest absolute Gasteiger partial charge is 0.434 e. The first-order valence-electron chi connectivity index (χ1n) is 7.45. The summed E-state index contributed by atoms with van der Waals surface area (Å²) in [5, 5.41) is 13.5. The van der Waals surface area contributed by atoms with Crippen molar-refractivity contribution in [3.63, 3.8) is 0 Å². The smallest absolute Gasteiger partial charge is 0.388 e. The molecule has 0 aliphatic carbocycles. The van der Waals surface area contributed by atoms with E-state index in [-0.39, 0.29) is 30.7 Å². The molecule has 1 aliphatic rings. The van der Waals surface area contributed by atoms with Gasteiger partial charge in [0.25, 0.3) is 0 Å². The highest BCUT2D eigenvalue weighted by molar-refractivity contribution is 6.31. The molecule has 0 amide bonds. The Bertz CT molecular complexity index is 698. The van der Waals surface area contributed by atoms with Crippen LogP contribution in [0.3, 0.4) is 0 Å². The summed E-state index contributed by atoms with van der Waals surface area (Å²) in [6.07, 6.45) is 2.33. The maximum absolute atomic E-state index is 11.1. The van der Waals surface area contributed by atoms with Crippen LogP contribution in [0.25, 0.3) is 11.5 Å². The lowest BCUT2D eigenvalue weighted by Crippen LogP contribution is -2.36. The molecule has 1 aromatic carbocycles. The number of benzene rings is 1. The minimum Gasteiger partial charge on any atom is -0.388 e. The quantitative estimate of drug-likeness (QED) is 0.739. The zero-order valence-electron chi connectivity index (χ0n) is 13.2. The summed E-state index contributed by atoms with van der Waals surface area (Å²) in [5.41, 5.74) is 1.57. The topological polar surface area (TPSA) is 83.0 Å². The molecule has 1 unspecified atom stereocenters. The Morgan fingerprint density at radius 3 is 2.62 bits per heavy atom. The molecule has 1 aromatic heterocycles. The monoisotopic (exact) mass is 394 g/mol. The first kappa shape index (κ1) is 20.8. The molecule has 1 fully saturated rings. The van der Waals surface area contributed by atoms with Crippen molar-refractivity contribution >= 4 is 42.1 Å². The molecule has 3 rings (SSSR count). The molecule has 1 saturated heterocycles. The van der Waals surface area contributed by atoms with E-state index in [4.69, 9.17) is 16.0 Å². The fourth-order valence-electron chi connectivity index (χ4n) is 2.87. The van der Waals surface area contributed by atoms with Crippen molar-refractivity contribution in [2.45, 2.75) is 25.8 Å². The Morgan fingerprint density at radius 2 is 2.00 bits per heavy atom. The van der Waals surface area contributed by atoms with Gasteiger partial charge < -0.3 is 15.1 Å². The molecule has 6 nitrogen and oxygen atoms in total. The van der Waals surface area contributed by atoms with Crippen LogP contribution in [0.1, 0.15) is 19.8 Å². The lowest BCUT2D eigenvalue weighted by atomic mass is 9.91. The van der Waals surface area contributed by atoms with E-state index in [9.17, 15) is 4.79 Å². The van der Waals surface area contributed by atoms with Gasteiger partial charge in [-0.15, -0.1) is 29.9 Å². The third kappa shape index (κ3) is 5.14. The first-order valence-corrected chi connectivity index (χ1v) is 7.83. The molecule has 2 heterocycles. The van der Waals surface area contributed by atoms with Gasteiger partial charge in [-0.05, 0) is 57.0 Å². The summed E-state index contributed by atoms with van der Waals surface area (Å²) in [6.45, 7) is 4.32. The molecule has 3 N–H and O–H groups in total. The molecular formula is C15H21Cl3N4O2. The summed E-state index contributed by atoms with van der Waals surface area (Å²) in [4.78, 5) is 11.1. The van der Waals surface area contributed by atoms with E-state index in [0.717, 1.165) is 31.6 Å². The van der Waals surface area contributed by atoms with Crippen molar-refractivity contribution in [2.24, 2.45) is 5.92 Å². The molecule has 0 saturated carbocycles. The molecule has 2 aromatic rings. The van der Waals surface area contributed by atoms with Crippen molar-refractivity contribution in [3.8, 4) is 11.5 Å². The number of nitrogens with one attached hydrogen (secondary N) is 3. The van der Waals surface area contributed by atoms with E-state index in [2.05, 4.69) is 27.8 Å². The third-order valence-corrected chi connectivity index (χ3v) is 4.29. The van der Waals surface area contributed by atoms with Gasteiger partial charge in [0.15, 0.2) is 0 Å². The van der Waals surface area contributed by atoms with Crippen LogP contribution in [0, 0.1) is 5.92 Å². The van der Waals surface area contributed by atoms with Crippen molar-refractivity contribution in [1.29, 1.82) is 0 Å². The average Bonchev–Trinajstić information content (AvgIpc) is 2.94. The van der Waals surface area contributed by atoms with Gasteiger partial charge in [0.05, 0.1) is 0 Å². The van der Waals surface area contributed by atoms with E-state index < -0.39 is 5.76 Å². The maximum Gasteiger partial charge on any atom is 0.434 e.